The van der Waals surface area contributed by atoms with Crippen molar-refractivity contribution < 1.29 is 27.9 Å². The third-order valence-corrected chi connectivity index (χ3v) is 12.4. The molecular weight excluding hydrogens is 529 g/mol. The molecule has 3 rings (SSSR count). The summed E-state index contributed by atoms with van der Waals surface area (Å²) in [6.07, 6.45) is 0.781. The summed E-state index contributed by atoms with van der Waals surface area (Å²) in [6, 6.07) is 4.34. The van der Waals surface area contributed by atoms with Crippen LogP contribution in [0.1, 0.15) is 70.8 Å². The Labute approximate surface area is 239 Å². The van der Waals surface area contributed by atoms with E-state index in [1.807, 2.05) is 33.8 Å². The second-order valence-electron chi connectivity index (χ2n) is 13.0. The fourth-order valence-electron chi connectivity index (χ4n) is 4.50. The number of rotatable bonds is 7. The highest BCUT2D eigenvalue weighted by atomic mass is 28.4. The van der Waals surface area contributed by atoms with Crippen LogP contribution in [0.15, 0.2) is 18.2 Å². The monoisotopic (exact) mass is 575 g/mol. The number of hydrogen-bond donors (Lipinski definition) is 0. The van der Waals surface area contributed by atoms with Gasteiger partial charge in [0.15, 0.2) is 8.32 Å². The second-order valence-corrected chi connectivity index (χ2v) is 17.8. The molecular formula is C30H46FN3O5Si. The highest BCUT2D eigenvalue weighted by Crippen LogP contribution is 2.37. The highest BCUT2D eigenvalue weighted by molar-refractivity contribution is 6.74. The number of ether oxygens (including phenoxy) is 2. The molecule has 40 heavy (non-hydrogen) atoms. The van der Waals surface area contributed by atoms with Crippen molar-refractivity contribution in [1.82, 2.24) is 14.8 Å². The summed E-state index contributed by atoms with van der Waals surface area (Å²) in [5, 5.41) is 0.651. The van der Waals surface area contributed by atoms with Crippen molar-refractivity contribution >= 4 is 31.2 Å². The Morgan fingerprint density at radius 1 is 1.10 bits per heavy atom. The van der Waals surface area contributed by atoms with Crippen molar-refractivity contribution in [2.75, 3.05) is 33.4 Å². The number of aryl methyl sites for hydroxylation is 1. The van der Waals surface area contributed by atoms with Gasteiger partial charge in [0, 0.05) is 37.2 Å². The zero-order chi connectivity index (χ0) is 30.0. The van der Waals surface area contributed by atoms with Gasteiger partial charge in [0.1, 0.15) is 11.4 Å². The third kappa shape index (κ3) is 7.31. The molecule has 0 aliphatic carbocycles. The predicted molar refractivity (Wildman–Crippen MR) is 158 cm³/mol. The van der Waals surface area contributed by atoms with Crippen molar-refractivity contribution in [1.29, 1.82) is 0 Å². The summed E-state index contributed by atoms with van der Waals surface area (Å²) in [5.74, 6) is -0.565. The number of nitrogens with zero attached hydrogens (tertiary/aromatic N) is 3. The first kappa shape index (κ1) is 31.8. The van der Waals surface area contributed by atoms with Gasteiger partial charge in [-0.2, -0.15) is 0 Å². The Hall–Kier alpha value is -2.72. The summed E-state index contributed by atoms with van der Waals surface area (Å²) >= 11 is 0. The molecule has 2 aromatic rings. The average Bonchev–Trinajstić information content (AvgIpc) is 2.85. The summed E-state index contributed by atoms with van der Waals surface area (Å²) in [4.78, 5) is 34.5. The molecule has 0 spiro atoms. The molecule has 222 valence electrons. The molecule has 1 aliphatic rings. The Balaban J connectivity index is 1.90. The van der Waals surface area contributed by atoms with Crippen LogP contribution in [-0.2, 0) is 15.6 Å². The summed E-state index contributed by atoms with van der Waals surface area (Å²) < 4.78 is 32.8. The van der Waals surface area contributed by atoms with E-state index in [0.29, 0.717) is 42.8 Å². The number of piperazine rings is 1. The van der Waals surface area contributed by atoms with Crippen LogP contribution in [0.3, 0.4) is 0 Å². The lowest BCUT2D eigenvalue weighted by Gasteiger charge is -2.42. The number of hydrogen-bond acceptors (Lipinski definition) is 6. The summed E-state index contributed by atoms with van der Waals surface area (Å²) in [7, 11) is -0.473. The Morgan fingerprint density at radius 3 is 2.35 bits per heavy atom. The number of carbonyl (C=O) groups is 2. The molecule has 2 heterocycles. The van der Waals surface area contributed by atoms with Gasteiger partial charge in [-0.3, -0.25) is 4.79 Å². The van der Waals surface area contributed by atoms with Gasteiger partial charge >= 0.3 is 6.09 Å². The lowest BCUT2D eigenvalue weighted by atomic mass is 10.0. The number of aromatic nitrogens is 1. The van der Waals surface area contributed by atoms with Gasteiger partial charge in [-0.1, -0.05) is 27.7 Å². The van der Waals surface area contributed by atoms with Crippen LogP contribution in [0.4, 0.5) is 9.18 Å². The van der Waals surface area contributed by atoms with Gasteiger partial charge in [-0.25, -0.2) is 14.2 Å². The summed E-state index contributed by atoms with van der Waals surface area (Å²) in [5.41, 5.74) is 0.676. The highest BCUT2D eigenvalue weighted by Gasteiger charge is 2.39. The second kappa shape index (κ2) is 12.0. The van der Waals surface area contributed by atoms with E-state index in [1.54, 1.807) is 16.9 Å². The van der Waals surface area contributed by atoms with E-state index in [-0.39, 0.29) is 29.7 Å². The third-order valence-electron chi connectivity index (χ3n) is 7.86. The topological polar surface area (TPSA) is 81.2 Å². The minimum absolute atomic E-state index is 0.0392. The quantitative estimate of drug-likeness (QED) is 0.355. The van der Waals surface area contributed by atoms with Crippen LogP contribution < -0.4 is 4.74 Å². The number of fused-ring (bicyclic) bond motifs is 1. The maximum absolute atomic E-state index is 15.4. The van der Waals surface area contributed by atoms with Crippen molar-refractivity contribution in [2.45, 2.75) is 91.1 Å². The van der Waals surface area contributed by atoms with E-state index in [9.17, 15) is 9.59 Å². The number of benzene rings is 1. The minimum Gasteiger partial charge on any atom is -0.481 e. The lowest BCUT2D eigenvalue weighted by Crippen LogP contribution is -2.57. The zero-order valence-electron chi connectivity index (χ0n) is 25.8. The van der Waals surface area contributed by atoms with E-state index in [0.717, 1.165) is 5.56 Å². The fourth-order valence-corrected chi connectivity index (χ4v) is 5.56. The first-order valence-electron chi connectivity index (χ1n) is 14.1. The van der Waals surface area contributed by atoms with Crippen LogP contribution >= 0.6 is 0 Å². The standard InChI is InChI=1S/C30H46FN3O5Si/c1-11-20-16-21-17-24(31)23(18-25(21)32-26(20)37-8)27(35)34-14-13-33(28(36)39-29(2,3)4)19-22(34)12-15-38-40(9,10)30(5,6)7/h16-18,22H,11-15,19H2,1-10H3/t22-/m0/s1. The number of amides is 2. The average molecular weight is 576 g/mol. The van der Waals surface area contributed by atoms with E-state index in [1.165, 1.54) is 12.1 Å². The van der Waals surface area contributed by atoms with Crippen LogP contribution in [0.25, 0.3) is 10.9 Å². The normalized spacial score (nSPS) is 16.8. The van der Waals surface area contributed by atoms with E-state index in [4.69, 9.17) is 13.9 Å². The Kier molecular flexibility index (Phi) is 9.56. The largest absolute Gasteiger partial charge is 0.481 e. The van der Waals surface area contributed by atoms with E-state index < -0.39 is 31.7 Å². The smallest absolute Gasteiger partial charge is 0.410 e. The van der Waals surface area contributed by atoms with E-state index in [2.05, 4.69) is 38.8 Å². The van der Waals surface area contributed by atoms with Gasteiger partial charge < -0.3 is 23.7 Å². The summed E-state index contributed by atoms with van der Waals surface area (Å²) in [6.45, 7) is 19.6. The first-order valence-corrected chi connectivity index (χ1v) is 17.0. The van der Waals surface area contributed by atoms with Crippen molar-refractivity contribution in [3.05, 3.63) is 35.1 Å². The molecule has 1 saturated heterocycles. The van der Waals surface area contributed by atoms with Gasteiger partial charge in [0.05, 0.1) is 24.2 Å². The van der Waals surface area contributed by atoms with Gasteiger partial charge in [-0.15, -0.1) is 0 Å². The van der Waals surface area contributed by atoms with Gasteiger partial charge in [0.25, 0.3) is 5.91 Å². The lowest BCUT2D eigenvalue weighted by molar-refractivity contribution is 0.00187. The predicted octanol–water partition coefficient (Wildman–Crippen LogP) is 6.42. The number of carbonyl (C=O) groups excluding carboxylic acids is 2. The molecule has 8 nitrogen and oxygen atoms in total. The zero-order valence-corrected chi connectivity index (χ0v) is 26.8. The van der Waals surface area contributed by atoms with E-state index >= 15 is 4.39 Å². The first-order chi connectivity index (χ1) is 18.5. The van der Waals surface area contributed by atoms with Crippen LogP contribution in [0.2, 0.25) is 18.1 Å². The van der Waals surface area contributed by atoms with Crippen molar-refractivity contribution in [3.8, 4) is 5.88 Å². The fraction of sp³-hybridized carbons (Fsp3) is 0.633. The Bertz CT molecular complexity index is 1240. The molecule has 1 aliphatic heterocycles. The van der Waals surface area contributed by atoms with Crippen molar-refractivity contribution in [2.24, 2.45) is 0 Å². The number of methoxy groups -OCH3 is 1. The van der Waals surface area contributed by atoms with Crippen LogP contribution in [-0.4, -0.2) is 80.1 Å². The Morgan fingerprint density at radius 2 is 1.77 bits per heavy atom. The SMILES string of the molecule is CCc1cc2cc(F)c(C(=O)N3CCN(C(=O)OC(C)(C)C)C[C@@H]3CCO[Si](C)(C)C(C)(C)C)cc2nc1OC. The van der Waals surface area contributed by atoms with Crippen molar-refractivity contribution in [3.63, 3.8) is 0 Å². The number of halogens is 1. The molecule has 1 fully saturated rings. The molecule has 0 N–H and O–H groups in total. The minimum atomic E-state index is -2.02. The molecule has 0 radical (unpaired) electrons. The maximum atomic E-state index is 15.4. The molecule has 1 atom stereocenters. The van der Waals surface area contributed by atoms with Gasteiger partial charge in [-0.05, 0) is 69.9 Å². The molecule has 10 heteroatoms. The molecule has 2 amide bonds. The molecule has 0 bridgehead atoms. The number of pyridine rings is 1. The molecule has 0 unspecified atom stereocenters. The molecule has 1 aromatic carbocycles. The molecule has 0 saturated carbocycles. The maximum Gasteiger partial charge on any atom is 0.410 e. The molecule has 1 aromatic heterocycles. The van der Waals surface area contributed by atoms with Crippen LogP contribution in [0, 0.1) is 5.82 Å². The van der Waals surface area contributed by atoms with Crippen LogP contribution in [0.5, 0.6) is 5.88 Å². The van der Waals surface area contributed by atoms with Gasteiger partial charge in [0.2, 0.25) is 5.88 Å².